The highest BCUT2D eigenvalue weighted by molar-refractivity contribution is 5.89. The van der Waals surface area contributed by atoms with Gasteiger partial charge >= 0.3 is 6.03 Å². The van der Waals surface area contributed by atoms with E-state index in [4.69, 9.17) is 4.52 Å². The maximum atomic E-state index is 12.1. The lowest BCUT2D eigenvalue weighted by molar-refractivity contribution is 0.147. The van der Waals surface area contributed by atoms with Crippen molar-refractivity contribution >= 4 is 11.7 Å². The number of anilines is 1. The van der Waals surface area contributed by atoms with E-state index in [9.17, 15) is 4.79 Å². The molecule has 0 atom stereocenters. The summed E-state index contributed by atoms with van der Waals surface area (Å²) < 4.78 is 5.32. The number of urea groups is 1. The molecule has 4 rings (SSSR count). The lowest BCUT2D eigenvalue weighted by Gasteiger charge is -2.36. The zero-order chi connectivity index (χ0) is 16.4. The van der Waals surface area contributed by atoms with Crippen molar-refractivity contribution in [2.24, 2.45) is 0 Å². The number of benzene rings is 1. The van der Waals surface area contributed by atoms with Crippen LogP contribution in [0.3, 0.4) is 0 Å². The van der Waals surface area contributed by atoms with E-state index in [1.54, 1.807) is 17.3 Å². The lowest BCUT2D eigenvalue weighted by atomic mass is 10.0. The van der Waals surface area contributed by atoms with Crippen molar-refractivity contribution in [1.29, 1.82) is 0 Å². The number of likely N-dealkylation sites (tertiary alicyclic amines) is 1. The molecule has 0 aliphatic carbocycles. The first-order valence-electron chi connectivity index (χ1n) is 7.64. The molecule has 1 aromatic carbocycles. The topological polar surface area (TPSA) is 84.2 Å². The summed E-state index contributed by atoms with van der Waals surface area (Å²) in [7, 11) is 0. The zero-order valence-electron chi connectivity index (χ0n) is 12.8. The number of hydrogen-bond donors (Lipinski definition) is 1. The van der Waals surface area contributed by atoms with Crippen LogP contribution in [-0.2, 0) is 0 Å². The minimum absolute atomic E-state index is 0.0736. The fourth-order valence-electron chi connectivity index (χ4n) is 2.54. The third-order valence-corrected chi connectivity index (χ3v) is 3.90. The molecule has 2 aromatic heterocycles. The van der Waals surface area contributed by atoms with Gasteiger partial charge in [0.15, 0.2) is 0 Å². The van der Waals surface area contributed by atoms with E-state index in [1.165, 1.54) is 0 Å². The van der Waals surface area contributed by atoms with E-state index >= 15 is 0 Å². The minimum Gasteiger partial charge on any atom is -0.339 e. The number of pyridine rings is 1. The van der Waals surface area contributed by atoms with E-state index in [0.717, 1.165) is 11.3 Å². The molecule has 1 N–H and O–H groups in total. The molecule has 0 unspecified atom stereocenters. The van der Waals surface area contributed by atoms with Gasteiger partial charge in [-0.1, -0.05) is 23.4 Å². The van der Waals surface area contributed by atoms with Crippen molar-refractivity contribution in [3.05, 3.63) is 60.7 Å². The number of para-hydroxylation sites is 1. The monoisotopic (exact) mass is 321 g/mol. The van der Waals surface area contributed by atoms with Gasteiger partial charge in [-0.2, -0.15) is 4.98 Å². The standard InChI is InChI=1S/C17H15N5O2/c23-17(19-14-6-2-1-3-7-14)22-10-13(11-22)16-20-15(21-24-16)12-5-4-8-18-9-12/h1-9,13H,10-11H2,(H,19,23). The van der Waals surface area contributed by atoms with Gasteiger partial charge in [-0.3, -0.25) is 4.98 Å². The molecule has 3 aromatic rings. The second kappa shape index (κ2) is 6.11. The summed E-state index contributed by atoms with van der Waals surface area (Å²) in [4.78, 5) is 22.3. The Hall–Kier alpha value is -3.22. The fourth-order valence-corrected chi connectivity index (χ4v) is 2.54. The Kier molecular flexibility index (Phi) is 3.66. The third-order valence-electron chi connectivity index (χ3n) is 3.90. The summed E-state index contributed by atoms with van der Waals surface area (Å²) in [6.45, 7) is 1.13. The van der Waals surface area contributed by atoms with Crippen molar-refractivity contribution in [3.63, 3.8) is 0 Å². The highest BCUT2D eigenvalue weighted by atomic mass is 16.5. The predicted octanol–water partition coefficient (Wildman–Crippen LogP) is 2.76. The molecule has 24 heavy (non-hydrogen) atoms. The van der Waals surface area contributed by atoms with Crippen molar-refractivity contribution < 1.29 is 9.32 Å². The van der Waals surface area contributed by atoms with Gasteiger partial charge in [0.2, 0.25) is 11.7 Å². The van der Waals surface area contributed by atoms with Crippen LogP contribution in [0.25, 0.3) is 11.4 Å². The average molecular weight is 321 g/mol. The SMILES string of the molecule is O=C(Nc1ccccc1)N1CC(c2nc(-c3cccnc3)no2)C1. The van der Waals surface area contributed by atoms with Crippen LogP contribution in [0.2, 0.25) is 0 Å². The molecule has 7 heteroatoms. The summed E-state index contributed by atoms with van der Waals surface area (Å²) in [5, 5.41) is 6.84. The van der Waals surface area contributed by atoms with Crippen molar-refractivity contribution in [2.75, 3.05) is 18.4 Å². The van der Waals surface area contributed by atoms with Gasteiger partial charge in [0.1, 0.15) is 0 Å². The Morgan fingerprint density at radius 3 is 2.75 bits per heavy atom. The quantitative estimate of drug-likeness (QED) is 0.802. The number of nitrogens with one attached hydrogen (secondary N) is 1. The predicted molar refractivity (Wildman–Crippen MR) is 87.3 cm³/mol. The number of carbonyl (C=O) groups excluding carboxylic acids is 1. The molecule has 1 fully saturated rings. The molecule has 0 radical (unpaired) electrons. The Morgan fingerprint density at radius 2 is 2.00 bits per heavy atom. The Labute approximate surface area is 138 Å². The van der Waals surface area contributed by atoms with Gasteiger partial charge in [-0.15, -0.1) is 0 Å². The number of aromatic nitrogens is 3. The van der Waals surface area contributed by atoms with Crippen molar-refractivity contribution in [2.45, 2.75) is 5.92 Å². The minimum atomic E-state index is -0.121. The van der Waals surface area contributed by atoms with Gasteiger partial charge in [0.05, 0.1) is 5.92 Å². The van der Waals surface area contributed by atoms with Gasteiger partial charge in [0.25, 0.3) is 0 Å². The summed E-state index contributed by atoms with van der Waals surface area (Å²) in [6.07, 6.45) is 3.38. The van der Waals surface area contributed by atoms with Crippen molar-refractivity contribution in [3.8, 4) is 11.4 Å². The smallest absolute Gasteiger partial charge is 0.321 e. The first-order valence-corrected chi connectivity index (χ1v) is 7.64. The van der Waals surface area contributed by atoms with E-state index in [0.29, 0.717) is 24.8 Å². The maximum Gasteiger partial charge on any atom is 0.321 e. The van der Waals surface area contributed by atoms with Crippen LogP contribution >= 0.6 is 0 Å². The molecule has 3 heterocycles. The van der Waals surface area contributed by atoms with Gasteiger partial charge < -0.3 is 14.7 Å². The first-order chi connectivity index (χ1) is 11.8. The van der Waals surface area contributed by atoms with Crippen LogP contribution in [0.5, 0.6) is 0 Å². The molecule has 0 spiro atoms. The summed E-state index contributed by atoms with van der Waals surface area (Å²) in [5.41, 5.74) is 1.59. The lowest BCUT2D eigenvalue weighted by Crippen LogP contribution is -2.50. The third kappa shape index (κ3) is 2.83. The molecule has 0 saturated carbocycles. The molecular weight excluding hydrogens is 306 g/mol. The van der Waals surface area contributed by atoms with Gasteiger partial charge in [-0.25, -0.2) is 4.79 Å². The molecular formula is C17H15N5O2. The first kappa shape index (κ1) is 14.4. The largest absolute Gasteiger partial charge is 0.339 e. The van der Waals surface area contributed by atoms with E-state index in [2.05, 4.69) is 20.4 Å². The number of hydrogen-bond acceptors (Lipinski definition) is 5. The van der Waals surface area contributed by atoms with Crippen LogP contribution in [0, 0.1) is 0 Å². The highest BCUT2D eigenvalue weighted by Crippen LogP contribution is 2.27. The van der Waals surface area contributed by atoms with E-state index < -0.39 is 0 Å². The van der Waals surface area contributed by atoms with Crippen LogP contribution in [-0.4, -0.2) is 39.1 Å². The number of rotatable bonds is 3. The molecule has 1 aliphatic heterocycles. The molecule has 1 aliphatic rings. The van der Waals surface area contributed by atoms with Crippen LogP contribution in [0.1, 0.15) is 11.8 Å². The fraction of sp³-hybridized carbons (Fsp3) is 0.176. The second-order valence-corrected chi connectivity index (χ2v) is 5.60. The number of amides is 2. The second-order valence-electron chi connectivity index (χ2n) is 5.60. The van der Waals surface area contributed by atoms with Crippen molar-refractivity contribution in [1.82, 2.24) is 20.0 Å². The average Bonchev–Trinajstić information content (AvgIpc) is 3.05. The molecule has 1 saturated heterocycles. The van der Waals surface area contributed by atoms with Gasteiger partial charge in [0, 0.05) is 36.7 Å². The number of nitrogens with zero attached hydrogens (tertiary/aromatic N) is 4. The van der Waals surface area contributed by atoms with Crippen LogP contribution in [0.4, 0.5) is 10.5 Å². The normalized spacial score (nSPS) is 14.2. The molecule has 0 bridgehead atoms. The molecule has 2 amide bonds. The zero-order valence-corrected chi connectivity index (χ0v) is 12.8. The van der Waals surface area contributed by atoms with Crippen LogP contribution in [0.15, 0.2) is 59.4 Å². The Balaban J connectivity index is 1.36. The van der Waals surface area contributed by atoms with Gasteiger partial charge in [-0.05, 0) is 24.3 Å². The highest BCUT2D eigenvalue weighted by Gasteiger charge is 2.35. The maximum absolute atomic E-state index is 12.1. The summed E-state index contributed by atoms with van der Waals surface area (Å²) in [5.74, 6) is 1.15. The molecule has 120 valence electrons. The van der Waals surface area contributed by atoms with E-state index in [1.807, 2.05) is 42.5 Å². The van der Waals surface area contributed by atoms with E-state index in [-0.39, 0.29) is 11.9 Å². The van der Waals surface area contributed by atoms with Crippen LogP contribution < -0.4 is 5.32 Å². The number of carbonyl (C=O) groups is 1. The summed E-state index contributed by atoms with van der Waals surface area (Å²) in [6, 6.07) is 13.0. The Bertz CT molecular complexity index is 828. The summed E-state index contributed by atoms with van der Waals surface area (Å²) >= 11 is 0. The Morgan fingerprint density at radius 1 is 1.17 bits per heavy atom. The molecule has 7 nitrogen and oxygen atoms in total.